The number of amides is 1. The molecule has 0 bridgehead atoms. The molecule has 7 nitrogen and oxygen atoms in total. The van der Waals surface area contributed by atoms with E-state index in [-0.39, 0.29) is 24.5 Å². The molecule has 1 amide bonds. The molecule has 1 saturated heterocycles. The SMILES string of the molecule is COc1ccc(OCC(=O)N2CCCC([C@@H]3C[C@H](C(F)F)n4nc(C)cc4N3)C2)cc1. The first-order chi connectivity index (χ1) is 14.9. The van der Waals surface area contributed by atoms with E-state index in [9.17, 15) is 13.6 Å². The number of aryl methyl sites for hydroxylation is 1. The number of carbonyl (C=O) groups is 1. The summed E-state index contributed by atoms with van der Waals surface area (Å²) in [5.74, 6) is 1.95. The van der Waals surface area contributed by atoms with Crippen molar-refractivity contribution >= 4 is 11.7 Å². The molecule has 31 heavy (non-hydrogen) atoms. The number of hydrogen-bond donors (Lipinski definition) is 1. The van der Waals surface area contributed by atoms with Gasteiger partial charge in [0.15, 0.2) is 6.61 Å². The van der Waals surface area contributed by atoms with Gasteiger partial charge in [-0.25, -0.2) is 13.5 Å². The lowest BCUT2D eigenvalue weighted by atomic mass is 9.86. The van der Waals surface area contributed by atoms with E-state index < -0.39 is 12.5 Å². The normalized spacial score (nSPS) is 23.3. The van der Waals surface area contributed by atoms with Gasteiger partial charge in [-0.15, -0.1) is 0 Å². The van der Waals surface area contributed by atoms with E-state index in [1.807, 2.05) is 0 Å². The summed E-state index contributed by atoms with van der Waals surface area (Å²) in [6.07, 6.45) is -0.457. The van der Waals surface area contributed by atoms with E-state index in [1.54, 1.807) is 49.3 Å². The second-order valence-corrected chi connectivity index (χ2v) is 8.21. The Labute approximate surface area is 180 Å². The average molecular weight is 434 g/mol. The van der Waals surface area contributed by atoms with Gasteiger partial charge in [-0.05, 0) is 56.4 Å². The molecule has 0 saturated carbocycles. The van der Waals surface area contributed by atoms with Gasteiger partial charge in [0.2, 0.25) is 0 Å². The lowest BCUT2D eigenvalue weighted by Gasteiger charge is -2.41. The van der Waals surface area contributed by atoms with Crippen LogP contribution in [0.5, 0.6) is 11.5 Å². The number of ether oxygens (including phenoxy) is 2. The highest BCUT2D eigenvalue weighted by atomic mass is 19.3. The molecule has 0 spiro atoms. The van der Waals surface area contributed by atoms with Crippen LogP contribution in [0.4, 0.5) is 14.6 Å². The third-order valence-corrected chi connectivity index (χ3v) is 6.09. The minimum Gasteiger partial charge on any atom is -0.497 e. The monoisotopic (exact) mass is 434 g/mol. The van der Waals surface area contributed by atoms with Crippen molar-refractivity contribution < 1.29 is 23.0 Å². The van der Waals surface area contributed by atoms with Gasteiger partial charge < -0.3 is 19.7 Å². The summed E-state index contributed by atoms with van der Waals surface area (Å²) in [6, 6.07) is 7.80. The summed E-state index contributed by atoms with van der Waals surface area (Å²) >= 11 is 0. The van der Waals surface area contributed by atoms with Crippen LogP contribution in [-0.2, 0) is 4.79 Å². The molecule has 1 aromatic carbocycles. The highest BCUT2D eigenvalue weighted by Gasteiger charge is 2.38. The molecule has 1 N–H and O–H groups in total. The van der Waals surface area contributed by atoms with Crippen LogP contribution >= 0.6 is 0 Å². The first-order valence-corrected chi connectivity index (χ1v) is 10.6. The molecule has 2 aromatic rings. The van der Waals surface area contributed by atoms with Gasteiger partial charge in [-0.3, -0.25) is 4.79 Å². The number of halogens is 2. The second kappa shape index (κ2) is 9.11. The quantitative estimate of drug-likeness (QED) is 0.754. The number of likely N-dealkylation sites (tertiary alicyclic amines) is 1. The van der Waals surface area contributed by atoms with Crippen LogP contribution in [0.2, 0.25) is 0 Å². The van der Waals surface area contributed by atoms with Crippen molar-refractivity contribution in [3.8, 4) is 11.5 Å². The summed E-state index contributed by atoms with van der Waals surface area (Å²) in [5.41, 5.74) is 0.713. The van der Waals surface area contributed by atoms with Crippen LogP contribution in [0, 0.1) is 12.8 Å². The molecule has 2 aliphatic rings. The van der Waals surface area contributed by atoms with Crippen molar-refractivity contribution in [2.24, 2.45) is 5.92 Å². The van der Waals surface area contributed by atoms with Crippen molar-refractivity contribution in [2.75, 3.05) is 32.1 Å². The first kappa shape index (κ1) is 21.4. The Balaban J connectivity index is 1.37. The van der Waals surface area contributed by atoms with E-state index in [1.165, 1.54) is 4.68 Å². The maximum absolute atomic E-state index is 13.7. The molecule has 1 unspecified atom stereocenters. The fourth-order valence-corrected chi connectivity index (χ4v) is 4.48. The number of benzene rings is 1. The minimum absolute atomic E-state index is 0.0528. The predicted molar refractivity (Wildman–Crippen MR) is 112 cm³/mol. The summed E-state index contributed by atoms with van der Waals surface area (Å²) in [4.78, 5) is 14.5. The maximum atomic E-state index is 13.7. The summed E-state index contributed by atoms with van der Waals surface area (Å²) < 4.78 is 39.5. The number of methoxy groups -OCH3 is 1. The van der Waals surface area contributed by atoms with Crippen LogP contribution in [-0.4, -0.2) is 59.9 Å². The smallest absolute Gasteiger partial charge is 0.260 e. The number of carbonyl (C=O) groups excluding carboxylic acids is 1. The lowest BCUT2D eigenvalue weighted by Crippen LogP contribution is -2.49. The average Bonchev–Trinajstić information content (AvgIpc) is 3.17. The summed E-state index contributed by atoms with van der Waals surface area (Å²) in [6.45, 7) is 2.94. The molecule has 3 atom stereocenters. The fraction of sp³-hybridized carbons (Fsp3) is 0.545. The molecule has 0 aliphatic carbocycles. The number of hydrogen-bond acceptors (Lipinski definition) is 5. The second-order valence-electron chi connectivity index (χ2n) is 8.21. The Kier molecular flexibility index (Phi) is 6.29. The number of rotatable bonds is 6. The zero-order chi connectivity index (χ0) is 22.0. The zero-order valence-electron chi connectivity index (χ0n) is 17.8. The molecule has 9 heteroatoms. The molecule has 4 rings (SSSR count). The van der Waals surface area contributed by atoms with Gasteiger partial charge in [-0.1, -0.05) is 0 Å². The molecular formula is C22H28F2N4O3. The largest absolute Gasteiger partial charge is 0.497 e. The van der Waals surface area contributed by atoms with Crippen molar-refractivity contribution in [1.82, 2.24) is 14.7 Å². The zero-order valence-corrected chi connectivity index (χ0v) is 17.8. The van der Waals surface area contributed by atoms with E-state index in [0.717, 1.165) is 18.6 Å². The van der Waals surface area contributed by atoms with Gasteiger partial charge in [0.25, 0.3) is 12.3 Å². The van der Waals surface area contributed by atoms with Crippen molar-refractivity contribution in [3.63, 3.8) is 0 Å². The van der Waals surface area contributed by atoms with Crippen LogP contribution in [0.1, 0.15) is 31.0 Å². The van der Waals surface area contributed by atoms with Crippen LogP contribution in [0.3, 0.4) is 0 Å². The maximum Gasteiger partial charge on any atom is 0.260 e. The highest BCUT2D eigenvalue weighted by molar-refractivity contribution is 5.77. The van der Waals surface area contributed by atoms with E-state index >= 15 is 0 Å². The molecule has 2 aliphatic heterocycles. The molecule has 0 radical (unpaired) electrons. The number of nitrogens with zero attached hydrogens (tertiary/aromatic N) is 3. The number of anilines is 1. The Morgan fingerprint density at radius 3 is 2.74 bits per heavy atom. The van der Waals surface area contributed by atoms with Crippen LogP contribution in [0.15, 0.2) is 30.3 Å². The number of alkyl halides is 2. The number of piperidine rings is 1. The Bertz CT molecular complexity index is 903. The van der Waals surface area contributed by atoms with Gasteiger partial charge in [0.05, 0.1) is 12.8 Å². The number of aromatic nitrogens is 2. The van der Waals surface area contributed by atoms with Gasteiger partial charge in [0, 0.05) is 25.2 Å². The number of nitrogens with one attached hydrogen (secondary N) is 1. The van der Waals surface area contributed by atoms with Gasteiger partial charge in [0.1, 0.15) is 23.4 Å². The lowest BCUT2D eigenvalue weighted by molar-refractivity contribution is -0.135. The Morgan fingerprint density at radius 2 is 2.03 bits per heavy atom. The summed E-state index contributed by atoms with van der Waals surface area (Å²) in [5, 5.41) is 7.61. The molecule has 1 aromatic heterocycles. The van der Waals surface area contributed by atoms with Crippen molar-refractivity contribution in [1.29, 1.82) is 0 Å². The predicted octanol–water partition coefficient (Wildman–Crippen LogP) is 3.51. The van der Waals surface area contributed by atoms with Gasteiger partial charge >= 0.3 is 0 Å². The molecule has 3 heterocycles. The third-order valence-electron chi connectivity index (χ3n) is 6.09. The minimum atomic E-state index is -2.48. The fourth-order valence-electron chi connectivity index (χ4n) is 4.48. The molecule has 1 fully saturated rings. The van der Waals surface area contributed by atoms with E-state index in [4.69, 9.17) is 9.47 Å². The van der Waals surface area contributed by atoms with Crippen molar-refractivity contribution in [3.05, 3.63) is 36.0 Å². The molecular weight excluding hydrogens is 406 g/mol. The Morgan fingerprint density at radius 1 is 1.29 bits per heavy atom. The van der Waals surface area contributed by atoms with E-state index in [0.29, 0.717) is 36.8 Å². The first-order valence-electron chi connectivity index (χ1n) is 10.6. The van der Waals surface area contributed by atoms with E-state index in [2.05, 4.69) is 10.4 Å². The standard InChI is InChI=1S/C22H28F2N4O3/c1-14-10-20-25-18(11-19(22(23)24)28(20)26-14)15-4-3-9-27(12-15)21(29)13-31-17-7-5-16(30-2)6-8-17/h5-8,10,15,18-19,22,25H,3-4,9,11-13H2,1-2H3/t15?,18-,19+/m0/s1. The number of fused-ring (bicyclic) bond motifs is 1. The third kappa shape index (κ3) is 4.75. The van der Waals surface area contributed by atoms with Crippen molar-refractivity contribution in [2.45, 2.75) is 44.7 Å². The highest BCUT2D eigenvalue weighted by Crippen LogP contribution is 2.36. The summed E-state index contributed by atoms with van der Waals surface area (Å²) in [7, 11) is 1.59. The van der Waals surface area contributed by atoms with Crippen LogP contribution in [0.25, 0.3) is 0 Å². The topological polar surface area (TPSA) is 68.6 Å². The van der Waals surface area contributed by atoms with Gasteiger partial charge in [-0.2, -0.15) is 5.10 Å². The Hall–Kier alpha value is -2.84. The molecule has 168 valence electrons. The van der Waals surface area contributed by atoms with Crippen LogP contribution < -0.4 is 14.8 Å².